The molecule has 1 aliphatic carbocycles. The second-order valence-corrected chi connectivity index (χ2v) is 8.34. The normalized spacial score (nSPS) is 14.2. The van der Waals surface area contributed by atoms with Crippen molar-refractivity contribution in [2.24, 2.45) is 5.92 Å². The van der Waals surface area contributed by atoms with Gasteiger partial charge in [0.2, 0.25) is 11.2 Å². The van der Waals surface area contributed by atoms with Crippen molar-refractivity contribution in [3.8, 4) is 28.4 Å². The Kier molecular flexibility index (Phi) is 5.94. The monoisotopic (exact) mass is 440 g/mol. The molecule has 1 aromatic heterocycles. The molecule has 0 atom stereocenters. The second kappa shape index (κ2) is 9.33. The lowest BCUT2D eigenvalue weighted by atomic mass is 9.89. The van der Waals surface area contributed by atoms with E-state index in [-0.39, 0.29) is 23.1 Å². The Morgan fingerprint density at radius 1 is 0.818 bits per heavy atom. The summed E-state index contributed by atoms with van der Waals surface area (Å²) in [7, 11) is 0. The summed E-state index contributed by atoms with van der Waals surface area (Å²) in [5.74, 6) is 0.758. The molecule has 5 heteroatoms. The predicted octanol–water partition coefficient (Wildman–Crippen LogP) is 6.74. The fourth-order valence-electron chi connectivity index (χ4n) is 4.24. The topological polar surface area (TPSA) is 65.7 Å². The van der Waals surface area contributed by atoms with Crippen molar-refractivity contribution in [1.29, 1.82) is 0 Å². The molecule has 0 aliphatic heterocycles. The SMILES string of the molecule is O=C(Oc1ccc2c(=O)c(Oc3ccc(-c4ccccc4)cc3)coc2c1)C1CCCCC1. The molecule has 0 N–H and O–H groups in total. The lowest BCUT2D eigenvalue weighted by Crippen LogP contribution is -2.22. The van der Waals surface area contributed by atoms with E-state index < -0.39 is 0 Å². The molecule has 0 spiro atoms. The van der Waals surface area contributed by atoms with Crippen LogP contribution in [0.3, 0.4) is 0 Å². The van der Waals surface area contributed by atoms with Crippen molar-refractivity contribution in [3.63, 3.8) is 0 Å². The Morgan fingerprint density at radius 3 is 2.27 bits per heavy atom. The molecule has 1 saturated carbocycles. The molecule has 5 rings (SSSR count). The number of hydrogen-bond acceptors (Lipinski definition) is 5. The van der Waals surface area contributed by atoms with E-state index >= 15 is 0 Å². The average Bonchev–Trinajstić information content (AvgIpc) is 2.87. The fraction of sp³-hybridized carbons (Fsp3) is 0.214. The minimum Gasteiger partial charge on any atom is -0.460 e. The number of ether oxygens (including phenoxy) is 2. The zero-order valence-corrected chi connectivity index (χ0v) is 18.2. The molecule has 166 valence electrons. The molecule has 1 fully saturated rings. The van der Waals surface area contributed by atoms with Gasteiger partial charge in [-0.3, -0.25) is 9.59 Å². The van der Waals surface area contributed by atoms with Crippen molar-refractivity contribution in [2.75, 3.05) is 0 Å². The van der Waals surface area contributed by atoms with Gasteiger partial charge >= 0.3 is 5.97 Å². The lowest BCUT2D eigenvalue weighted by molar-refractivity contribution is -0.139. The first kappa shape index (κ1) is 21.0. The summed E-state index contributed by atoms with van der Waals surface area (Å²) in [6.07, 6.45) is 6.33. The zero-order valence-electron chi connectivity index (χ0n) is 18.2. The van der Waals surface area contributed by atoms with E-state index in [9.17, 15) is 9.59 Å². The van der Waals surface area contributed by atoms with Gasteiger partial charge in [0, 0.05) is 6.07 Å². The number of rotatable bonds is 5. The van der Waals surface area contributed by atoms with E-state index in [1.807, 2.05) is 54.6 Å². The Labute approximate surface area is 191 Å². The van der Waals surface area contributed by atoms with Gasteiger partial charge in [0.25, 0.3) is 0 Å². The Hall–Kier alpha value is -3.86. The first-order valence-electron chi connectivity index (χ1n) is 11.3. The van der Waals surface area contributed by atoms with Crippen molar-refractivity contribution in [2.45, 2.75) is 32.1 Å². The van der Waals surface area contributed by atoms with Crippen LogP contribution in [0.2, 0.25) is 0 Å². The maximum Gasteiger partial charge on any atom is 0.314 e. The van der Waals surface area contributed by atoms with Crippen LogP contribution < -0.4 is 14.9 Å². The van der Waals surface area contributed by atoms with Crippen molar-refractivity contribution in [3.05, 3.63) is 89.3 Å². The number of esters is 1. The largest absolute Gasteiger partial charge is 0.460 e. The molecule has 0 amide bonds. The molecule has 33 heavy (non-hydrogen) atoms. The van der Waals surface area contributed by atoms with E-state index in [0.29, 0.717) is 22.5 Å². The van der Waals surface area contributed by atoms with Gasteiger partial charge < -0.3 is 13.9 Å². The quantitative estimate of drug-likeness (QED) is 0.254. The van der Waals surface area contributed by atoms with Crippen molar-refractivity contribution in [1.82, 2.24) is 0 Å². The molecular weight excluding hydrogens is 416 g/mol. The van der Waals surface area contributed by atoms with Crippen LogP contribution in [0.15, 0.2) is 88.3 Å². The molecule has 1 heterocycles. The summed E-state index contributed by atoms with van der Waals surface area (Å²) in [5.41, 5.74) is 2.23. The average molecular weight is 440 g/mol. The smallest absolute Gasteiger partial charge is 0.314 e. The summed E-state index contributed by atoms with van der Waals surface area (Å²) in [5, 5.41) is 0.367. The minimum absolute atomic E-state index is 0.0505. The Morgan fingerprint density at radius 2 is 1.52 bits per heavy atom. The molecule has 0 unspecified atom stereocenters. The first-order valence-corrected chi connectivity index (χ1v) is 11.3. The summed E-state index contributed by atoms with van der Waals surface area (Å²) in [4.78, 5) is 25.3. The molecule has 0 bridgehead atoms. The molecule has 4 aromatic rings. The van der Waals surface area contributed by atoms with Gasteiger partial charge in [-0.25, -0.2) is 0 Å². The summed E-state index contributed by atoms with van der Waals surface area (Å²) in [6.45, 7) is 0. The second-order valence-electron chi connectivity index (χ2n) is 8.34. The number of carbonyl (C=O) groups excluding carboxylic acids is 1. The number of benzene rings is 3. The van der Waals surface area contributed by atoms with Gasteiger partial charge in [0.05, 0.1) is 11.3 Å². The highest BCUT2D eigenvalue weighted by molar-refractivity contribution is 5.81. The highest BCUT2D eigenvalue weighted by Crippen LogP contribution is 2.28. The molecule has 3 aromatic carbocycles. The summed E-state index contributed by atoms with van der Waals surface area (Å²) >= 11 is 0. The lowest BCUT2D eigenvalue weighted by Gasteiger charge is -2.19. The van der Waals surface area contributed by atoms with E-state index in [0.717, 1.165) is 36.8 Å². The third-order valence-corrected chi connectivity index (χ3v) is 6.06. The maximum absolute atomic E-state index is 12.9. The molecular formula is C28H24O5. The van der Waals surface area contributed by atoms with Crippen molar-refractivity contribution >= 4 is 16.9 Å². The van der Waals surface area contributed by atoms with Crippen LogP contribution >= 0.6 is 0 Å². The number of carbonyl (C=O) groups is 1. The minimum atomic E-state index is -0.284. The summed E-state index contributed by atoms with van der Waals surface area (Å²) in [6, 6.07) is 22.4. The van der Waals surface area contributed by atoms with Gasteiger partial charge in [-0.1, -0.05) is 61.7 Å². The van der Waals surface area contributed by atoms with E-state index in [1.54, 1.807) is 18.2 Å². The molecule has 0 saturated heterocycles. The van der Waals surface area contributed by atoms with Crippen LogP contribution in [0, 0.1) is 5.92 Å². The molecule has 0 radical (unpaired) electrons. The van der Waals surface area contributed by atoms with E-state index in [4.69, 9.17) is 13.9 Å². The van der Waals surface area contributed by atoms with Gasteiger partial charge in [-0.05, 0) is 48.2 Å². The van der Waals surface area contributed by atoms with Crippen LogP contribution in [0.5, 0.6) is 17.2 Å². The van der Waals surface area contributed by atoms with Crippen LogP contribution in [-0.2, 0) is 4.79 Å². The van der Waals surface area contributed by atoms with Crippen LogP contribution in [-0.4, -0.2) is 5.97 Å². The zero-order chi connectivity index (χ0) is 22.6. The number of fused-ring (bicyclic) bond motifs is 1. The highest BCUT2D eigenvalue weighted by Gasteiger charge is 2.23. The standard InChI is InChI=1S/C28H24O5/c29-27-24-16-15-23(33-28(30)21-9-5-2-6-10-21)17-25(24)31-18-26(27)32-22-13-11-20(12-14-22)19-7-3-1-4-8-19/h1,3-4,7-8,11-18,21H,2,5-6,9-10H2. The van der Waals surface area contributed by atoms with Gasteiger partial charge in [-0.15, -0.1) is 0 Å². The Balaban J connectivity index is 1.32. The predicted molar refractivity (Wildman–Crippen MR) is 127 cm³/mol. The van der Waals surface area contributed by atoms with Gasteiger partial charge in [0.15, 0.2) is 0 Å². The third-order valence-electron chi connectivity index (χ3n) is 6.06. The summed E-state index contributed by atoms with van der Waals surface area (Å²) < 4.78 is 17.0. The fourth-order valence-corrected chi connectivity index (χ4v) is 4.24. The van der Waals surface area contributed by atoms with Crippen molar-refractivity contribution < 1.29 is 18.7 Å². The van der Waals surface area contributed by atoms with Crippen LogP contribution in [0.25, 0.3) is 22.1 Å². The van der Waals surface area contributed by atoms with Gasteiger partial charge in [0.1, 0.15) is 23.3 Å². The van der Waals surface area contributed by atoms with E-state index in [2.05, 4.69) is 0 Å². The van der Waals surface area contributed by atoms with Gasteiger partial charge in [-0.2, -0.15) is 0 Å². The third kappa shape index (κ3) is 4.67. The molecule has 5 nitrogen and oxygen atoms in total. The highest BCUT2D eigenvalue weighted by atomic mass is 16.5. The van der Waals surface area contributed by atoms with Crippen LogP contribution in [0.1, 0.15) is 32.1 Å². The molecule has 1 aliphatic rings. The van der Waals surface area contributed by atoms with Crippen LogP contribution in [0.4, 0.5) is 0 Å². The first-order chi connectivity index (χ1) is 16.2. The Bertz CT molecular complexity index is 1320. The number of hydrogen-bond donors (Lipinski definition) is 0. The van der Waals surface area contributed by atoms with E-state index in [1.165, 1.54) is 12.7 Å². The maximum atomic E-state index is 12.9.